The van der Waals surface area contributed by atoms with E-state index in [9.17, 15) is 17.6 Å². The first-order valence-electron chi connectivity index (χ1n) is 5.74. The van der Waals surface area contributed by atoms with E-state index in [4.69, 9.17) is 0 Å². The van der Waals surface area contributed by atoms with Gasteiger partial charge in [0.2, 0.25) is 0 Å². The Kier molecular flexibility index (Phi) is 4.60. The fraction of sp³-hybridized carbons (Fsp3) is 0.0667. The highest BCUT2D eigenvalue weighted by atomic mass is 79.9. The molecule has 2 aromatic rings. The van der Waals surface area contributed by atoms with Crippen molar-refractivity contribution in [1.29, 1.82) is 0 Å². The number of halogens is 5. The van der Waals surface area contributed by atoms with Gasteiger partial charge in [0.15, 0.2) is 23.3 Å². The summed E-state index contributed by atoms with van der Waals surface area (Å²) >= 11 is 2.47. The molecule has 0 bridgehead atoms. The van der Waals surface area contributed by atoms with Crippen molar-refractivity contribution >= 4 is 22.0 Å². The zero-order chi connectivity index (χ0) is 14.7. The minimum atomic E-state index is -1.42. The van der Waals surface area contributed by atoms with Gasteiger partial charge in [-0.2, -0.15) is 0 Å². The van der Waals surface area contributed by atoms with Crippen LogP contribution in [0.3, 0.4) is 0 Å². The van der Waals surface area contributed by atoms with Gasteiger partial charge in [-0.25, -0.2) is 17.6 Å². The van der Waals surface area contributed by atoms with Crippen LogP contribution in [0.5, 0.6) is 0 Å². The molecule has 0 aliphatic rings. The van der Waals surface area contributed by atoms with Crippen LogP contribution in [0.25, 0.3) is 6.08 Å². The van der Waals surface area contributed by atoms with Crippen LogP contribution in [-0.2, 0) is 6.42 Å². The van der Waals surface area contributed by atoms with Crippen LogP contribution in [-0.4, -0.2) is 0 Å². The van der Waals surface area contributed by atoms with Crippen molar-refractivity contribution in [2.24, 2.45) is 0 Å². The molecule has 0 heterocycles. The molecule has 0 nitrogen and oxygen atoms in total. The van der Waals surface area contributed by atoms with Crippen LogP contribution in [0.4, 0.5) is 17.6 Å². The minimum Gasteiger partial charge on any atom is -0.203 e. The van der Waals surface area contributed by atoms with Crippen LogP contribution in [0.2, 0.25) is 0 Å². The summed E-state index contributed by atoms with van der Waals surface area (Å²) in [5, 5.41) is 0. The molecule has 5 heteroatoms. The van der Waals surface area contributed by atoms with Crippen molar-refractivity contribution in [3.8, 4) is 0 Å². The van der Waals surface area contributed by atoms with Gasteiger partial charge in [-0.3, -0.25) is 0 Å². The van der Waals surface area contributed by atoms with Gasteiger partial charge in [0, 0.05) is 5.56 Å². The summed E-state index contributed by atoms with van der Waals surface area (Å²) in [5.41, 5.74) is 0.196. The Balaban J connectivity index is 2.29. The molecule has 0 amide bonds. The molecule has 0 radical (unpaired) electrons. The molecule has 2 rings (SSSR count). The lowest BCUT2D eigenvalue weighted by Gasteiger charge is -2.06. The molecule has 104 valence electrons. The van der Waals surface area contributed by atoms with E-state index in [1.165, 1.54) is 6.08 Å². The lowest BCUT2D eigenvalue weighted by atomic mass is 10.1. The van der Waals surface area contributed by atoms with Crippen LogP contribution >= 0.6 is 15.9 Å². The molecule has 0 aromatic heterocycles. The molecule has 0 unspecified atom stereocenters. The van der Waals surface area contributed by atoms with Gasteiger partial charge in [0.05, 0.1) is 4.47 Å². The monoisotopic (exact) mass is 344 g/mol. The van der Waals surface area contributed by atoms with Crippen LogP contribution < -0.4 is 0 Å². The number of allylic oxidation sites excluding steroid dienone is 1. The molecule has 20 heavy (non-hydrogen) atoms. The van der Waals surface area contributed by atoms with E-state index in [2.05, 4.69) is 15.9 Å². The second-order valence-electron chi connectivity index (χ2n) is 4.07. The Bertz CT molecular complexity index is 622. The maximum Gasteiger partial charge on any atom is 0.176 e. The number of hydrogen-bond donors (Lipinski definition) is 0. The van der Waals surface area contributed by atoms with Crippen molar-refractivity contribution < 1.29 is 17.6 Å². The van der Waals surface area contributed by atoms with Crippen LogP contribution in [0.1, 0.15) is 11.1 Å². The number of hydrogen-bond acceptors (Lipinski definition) is 0. The summed E-state index contributed by atoms with van der Waals surface area (Å²) in [6.45, 7) is 0. The van der Waals surface area contributed by atoms with Gasteiger partial charge in [0.1, 0.15) is 0 Å². The normalized spacial score (nSPS) is 11.2. The van der Waals surface area contributed by atoms with Crippen molar-refractivity contribution in [1.82, 2.24) is 0 Å². The largest absolute Gasteiger partial charge is 0.203 e. The first-order chi connectivity index (χ1) is 9.52. The third-order valence-electron chi connectivity index (χ3n) is 2.73. The van der Waals surface area contributed by atoms with Gasteiger partial charge >= 0.3 is 0 Å². The van der Waals surface area contributed by atoms with Crippen LogP contribution in [0, 0.1) is 23.3 Å². The first-order valence-corrected chi connectivity index (χ1v) is 6.53. The summed E-state index contributed by atoms with van der Waals surface area (Å²) in [4.78, 5) is 0. The van der Waals surface area contributed by atoms with Crippen molar-refractivity contribution in [3.63, 3.8) is 0 Å². The lowest BCUT2D eigenvalue weighted by Crippen LogP contribution is -2.03. The Morgan fingerprint density at radius 1 is 0.850 bits per heavy atom. The molecule has 2 aromatic carbocycles. The molecule has 0 aliphatic heterocycles. The summed E-state index contributed by atoms with van der Waals surface area (Å²) in [6, 6.07) is 9.04. The predicted molar refractivity (Wildman–Crippen MR) is 73.2 cm³/mol. The summed E-state index contributed by atoms with van der Waals surface area (Å²) in [7, 11) is 0. The Labute approximate surface area is 121 Å². The van der Waals surface area contributed by atoms with E-state index < -0.39 is 33.3 Å². The maximum atomic E-state index is 13.6. The highest BCUT2D eigenvalue weighted by Gasteiger charge is 2.22. The van der Waals surface area contributed by atoms with E-state index in [1.54, 1.807) is 30.3 Å². The van der Waals surface area contributed by atoms with E-state index >= 15 is 0 Å². The van der Waals surface area contributed by atoms with Gasteiger partial charge in [-0.15, -0.1) is 0 Å². The Hall–Kier alpha value is -1.62. The molecule has 0 saturated heterocycles. The summed E-state index contributed by atoms with van der Waals surface area (Å²) in [5.74, 6) is -5.61. The quantitative estimate of drug-likeness (QED) is 0.404. The molecule has 0 atom stereocenters. The van der Waals surface area contributed by atoms with Gasteiger partial charge in [-0.05, 0) is 27.9 Å². The van der Waals surface area contributed by atoms with Crippen molar-refractivity contribution in [2.45, 2.75) is 6.42 Å². The molecule has 0 aliphatic carbocycles. The highest BCUT2D eigenvalue weighted by molar-refractivity contribution is 9.10. The van der Waals surface area contributed by atoms with Gasteiger partial charge in [-0.1, -0.05) is 42.5 Å². The maximum absolute atomic E-state index is 13.6. The Morgan fingerprint density at radius 3 is 1.95 bits per heavy atom. The van der Waals surface area contributed by atoms with Crippen molar-refractivity contribution in [2.75, 3.05) is 0 Å². The Morgan fingerprint density at radius 2 is 1.40 bits per heavy atom. The van der Waals surface area contributed by atoms with Gasteiger partial charge < -0.3 is 0 Å². The molecule has 0 N–H and O–H groups in total. The summed E-state index contributed by atoms with van der Waals surface area (Å²) < 4.78 is 53.0. The van der Waals surface area contributed by atoms with E-state index in [-0.39, 0.29) is 6.42 Å². The fourth-order valence-corrected chi connectivity index (χ4v) is 2.05. The molecular weight excluding hydrogens is 336 g/mol. The third-order valence-corrected chi connectivity index (χ3v) is 3.43. The molecule has 0 spiro atoms. The fourth-order valence-electron chi connectivity index (χ4n) is 1.71. The topological polar surface area (TPSA) is 0 Å². The van der Waals surface area contributed by atoms with Crippen LogP contribution in [0.15, 0.2) is 40.9 Å². The lowest BCUT2D eigenvalue weighted by molar-refractivity contribution is 0.435. The van der Waals surface area contributed by atoms with Gasteiger partial charge in [0.25, 0.3) is 0 Å². The second kappa shape index (κ2) is 6.22. The third kappa shape index (κ3) is 2.93. The molecule has 0 saturated carbocycles. The standard InChI is InChI=1S/C15H9BrF4/c16-11-14(19)12(17)10(13(18)15(11)20)8-4-7-9-5-2-1-3-6-9/h1-7H,8H2/b7-4+. The SMILES string of the molecule is Fc1c(F)c(C/C=C/c2ccccc2)c(F)c(F)c1Br. The van der Waals surface area contributed by atoms with E-state index in [1.807, 2.05) is 6.07 Å². The highest BCUT2D eigenvalue weighted by Crippen LogP contribution is 2.28. The zero-order valence-electron chi connectivity index (χ0n) is 10.1. The molecule has 0 fully saturated rings. The average Bonchev–Trinajstić information content (AvgIpc) is 2.48. The minimum absolute atomic E-state index is 0.242. The number of rotatable bonds is 3. The molecular formula is C15H9BrF4. The zero-order valence-corrected chi connectivity index (χ0v) is 11.7. The second-order valence-corrected chi connectivity index (χ2v) is 4.86. The van der Waals surface area contributed by atoms with E-state index in [0.29, 0.717) is 0 Å². The predicted octanol–water partition coefficient (Wildman–Crippen LogP) is 5.26. The number of benzene rings is 2. The summed E-state index contributed by atoms with van der Waals surface area (Å²) in [6.07, 6.45) is 2.83. The average molecular weight is 345 g/mol. The van der Waals surface area contributed by atoms with E-state index in [0.717, 1.165) is 5.56 Å². The van der Waals surface area contributed by atoms with Crippen molar-refractivity contribution in [3.05, 3.63) is 75.3 Å². The first kappa shape index (κ1) is 14.8. The smallest absolute Gasteiger partial charge is 0.176 e.